The Kier molecular flexibility index (Phi) is 4.54. The first kappa shape index (κ1) is 15.6. The Balaban J connectivity index is 1.76. The van der Waals surface area contributed by atoms with Crippen LogP contribution >= 0.6 is 0 Å². The minimum absolute atomic E-state index is 0.0974. The average Bonchev–Trinajstić information content (AvgIpc) is 3.06. The molecule has 122 valence electrons. The van der Waals surface area contributed by atoms with Crippen molar-refractivity contribution in [2.24, 2.45) is 0 Å². The number of H-pyrrole nitrogens is 1. The fraction of sp³-hybridized carbons (Fsp3) is 0.667. The second-order valence-electron chi connectivity index (χ2n) is 6.07. The molecule has 7 heteroatoms. The number of hydrogen-bond donors (Lipinski definition) is 1. The van der Waals surface area contributed by atoms with Gasteiger partial charge in [-0.15, -0.1) is 0 Å². The van der Waals surface area contributed by atoms with Gasteiger partial charge in [-0.2, -0.15) is 4.31 Å². The number of aromatic amines is 1. The molecule has 2 saturated heterocycles. The second-order valence-corrected chi connectivity index (χ2v) is 8.00. The monoisotopic (exact) mass is 325 g/mol. The van der Waals surface area contributed by atoms with Gasteiger partial charge < -0.3 is 9.88 Å². The summed E-state index contributed by atoms with van der Waals surface area (Å²) in [5.41, 5.74) is 0.373. The van der Waals surface area contributed by atoms with Crippen molar-refractivity contribution in [3.05, 3.63) is 18.0 Å². The molecule has 0 radical (unpaired) electrons. The molecule has 1 aromatic rings. The molecule has 2 fully saturated rings. The van der Waals surface area contributed by atoms with Crippen molar-refractivity contribution in [1.29, 1.82) is 0 Å². The van der Waals surface area contributed by atoms with Crippen LogP contribution in [0.15, 0.2) is 17.2 Å². The molecule has 0 saturated carbocycles. The number of hydrogen-bond acceptors (Lipinski definition) is 3. The average molecular weight is 325 g/mol. The minimum atomic E-state index is -3.47. The fourth-order valence-electron chi connectivity index (χ4n) is 3.17. The van der Waals surface area contributed by atoms with Gasteiger partial charge in [-0.25, -0.2) is 8.42 Å². The van der Waals surface area contributed by atoms with E-state index in [4.69, 9.17) is 0 Å². The summed E-state index contributed by atoms with van der Waals surface area (Å²) >= 11 is 0. The first-order chi connectivity index (χ1) is 10.6. The van der Waals surface area contributed by atoms with Crippen molar-refractivity contribution in [1.82, 2.24) is 14.2 Å². The molecule has 1 N–H and O–H groups in total. The quantitative estimate of drug-likeness (QED) is 0.921. The first-order valence-electron chi connectivity index (χ1n) is 8.07. The molecular weight excluding hydrogens is 302 g/mol. The summed E-state index contributed by atoms with van der Waals surface area (Å²) in [5.74, 6) is -0.0974. The zero-order chi connectivity index (χ0) is 15.6. The van der Waals surface area contributed by atoms with Crippen LogP contribution in [-0.4, -0.2) is 54.7 Å². The van der Waals surface area contributed by atoms with E-state index in [0.29, 0.717) is 18.8 Å². The highest BCUT2D eigenvalue weighted by Gasteiger charge is 2.28. The summed E-state index contributed by atoms with van der Waals surface area (Å²) in [6.07, 6.45) is 7.53. The zero-order valence-corrected chi connectivity index (χ0v) is 13.6. The van der Waals surface area contributed by atoms with Crippen molar-refractivity contribution in [2.45, 2.75) is 43.4 Å². The molecule has 1 amide bonds. The maximum Gasteiger partial charge on any atom is 0.270 e. The second kappa shape index (κ2) is 6.42. The lowest BCUT2D eigenvalue weighted by Crippen LogP contribution is -2.36. The third-order valence-electron chi connectivity index (χ3n) is 4.48. The number of nitrogens with one attached hydrogen (secondary N) is 1. The Labute approximate surface area is 131 Å². The van der Waals surface area contributed by atoms with Crippen LogP contribution in [0.2, 0.25) is 0 Å². The Hall–Kier alpha value is -1.34. The van der Waals surface area contributed by atoms with E-state index in [1.807, 2.05) is 0 Å². The molecule has 22 heavy (non-hydrogen) atoms. The van der Waals surface area contributed by atoms with E-state index < -0.39 is 10.0 Å². The molecule has 6 nitrogen and oxygen atoms in total. The summed E-state index contributed by atoms with van der Waals surface area (Å²) in [6.45, 7) is 2.66. The van der Waals surface area contributed by atoms with E-state index in [2.05, 4.69) is 4.98 Å². The van der Waals surface area contributed by atoms with E-state index >= 15 is 0 Å². The molecule has 0 aliphatic carbocycles. The Morgan fingerprint density at radius 3 is 2.18 bits per heavy atom. The summed E-state index contributed by atoms with van der Waals surface area (Å²) in [6, 6.07) is 1.49. The van der Waals surface area contributed by atoms with Crippen molar-refractivity contribution >= 4 is 15.9 Å². The van der Waals surface area contributed by atoms with Crippen molar-refractivity contribution < 1.29 is 13.2 Å². The largest absolute Gasteiger partial charge is 0.356 e. The van der Waals surface area contributed by atoms with Crippen LogP contribution in [0.25, 0.3) is 0 Å². The molecular formula is C15H23N3O3S. The number of likely N-dealkylation sites (tertiary alicyclic amines) is 1. The highest BCUT2D eigenvalue weighted by molar-refractivity contribution is 7.89. The van der Waals surface area contributed by atoms with Crippen LogP contribution in [0.4, 0.5) is 0 Å². The van der Waals surface area contributed by atoms with Crippen molar-refractivity contribution in [2.75, 3.05) is 26.2 Å². The predicted molar refractivity (Wildman–Crippen MR) is 83.2 cm³/mol. The van der Waals surface area contributed by atoms with Gasteiger partial charge in [0.1, 0.15) is 10.6 Å². The maximum absolute atomic E-state index is 12.6. The highest BCUT2D eigenvalue weighted by atomic mass is 32.2. The summed E-state index contributed by atoms with van der Waals surface area (Å²) in [7, 11) is -3.47. The van der Waals surface area contributed by atoms with Crippen LogP contribution in [0, 0.1) is 0 Å². The van der Waals surface area contributed by atoms with Gasteiger partial charge in [-0.05, 0) is 38.2 Å². The Morgan fingerprint density at radius 1 is 0.955 bits per heavy atom. The van der Waals surface area contributed by atoms with Gasteiger partial charge >= 0.3 is 0 Å². The van der Waals surface area contributed by atoms with E-state index in [1.165, 1.54) is 16.6 Å². The highest BCUT2D eigenvalue weighted by Crippen LogP contribution is 2.22. The van der Waals surface area contributed by atoms with E-state index in [1.54, 1.807) is 4.90 Å². The lowest BCUT2D eigenvalue weighted by atomic mass is 10.1. The van der Waals surface area contributed by atoms with Gasteiger partial charge in [0.05, 0.1) is 0 Å². The van der Waals surface area contributed by atoms with Crippen molar-refractivity contribution in [3.63, 3.8) is 0 Å². The molecule has 1 aromatic heterocycles. The lowest BCUT2D eigenvalue weighted by Gasteiger charge is -2.26. The fourth-order valence-corrected chi connectivity index (χ4v) is 4.68. The van der Waals surface area contributed by atoms with Crippen molar-refractivity contribution in [3.8, 4) is 0 Å². The van der Waals surface area contributed by atoms with Gasteiger partial charge in [0.2, 0.25) is 10.0 Å². The zero-order valence-electron chi connectivity index (χ0n) is 12.8. The minimum Gasteiger partial charge on any atom is -0.356 e. The van der Waals surface area contributed by atoms with E-state index in [9.17, 15) is 13.2 Å². The first-order valence-corrected chi connectivity index (χ1v) is 9.51. The van der Waals surface area contributed by atoms with Gasteiger partial charge in [0, 0.05) is 32.4 Å². The third kappa shape index (κ3) is 3.05. The standard InChI is InChI=1S/C15H23N3O3S/c19-15(17-7-3-1-4-8-17)14-11-13(12-16-14)22(20,21)18-9-5-2-6-10-18/h11-12,16H,1-10H2. The number of aromatic nitrogens is 1. The van der Waals surface area contributed by atoms with Crippen LogP contribution in [-0.2, 0) is 10.0 Å². The number of amides is 1. The van der Waals surface area contributed by atoms with E-state index in [-0.39, 0.29) is 10.8 Å². The maximum atomic E-state index is 12.6. The van der Waals surface area contributed by atoms with Crippen LogP contribution in [0.3, 0.4) is 0 Å². The van der Waals surface area contributed by atoms with Crippen LogP contribution in [0.1, 0.15) is 49.0 Å². The lowest BCUT2D eigenvalue weighted by molar-refractivity contribution is 0.0719. The summed E-state index contributed by atoms with van der Waals surface area (Å²) in [5, 5.41) is 0. The molecule has 0 spiro atoms. The molecule has 3 rings (SSSR count). The number of nitrogens with zero attached hydrogens (tertiary/aromatic N) is 2. The van der Waals surface area contributed by atoms with Gasteiger partial charge in [-0.3, -0.25) is 4.79 Å². The normalized spacial score (nSPS) is 21.0. The molecule has 3 heterocycles. The number of carbonyl (C=O) groups is 1. The summed E-state index contributed by atoms with van der Waals surface area (Å²) in [4.78, 5) is 17.3. The topological polar surface area (TPSA) is 73.5 Å². The molecule has 0 bridgehead atoms. The molecule has 0 aromatic carbocycles. The Bertz CT molecular complexity index is 626. The molecule has 2 aliphatic heterocycles. The van der Waals surface area contributed by atoms with E-state index in [0.717, 1.165) is 51.6 Å². The number of sulfonamides is 1. The molecule has 2 aliphatic rings. The number of rotatable bonds is 3. The third-order valence-corrected chi connectivity index (χ3v) is 6.36. The van der Waals surface area contributed by atoms with Crippen LogP contribution < -0.4 is 0 Å². The Morgan fingerprint density at radius 2 is 1.55 bits per heavy atom. The van der Waals surface area contributed by atoms with Crippen LogP contribution in [0.5, 0.6) is 0 Å². The summed E-state index contributed by atoms with van der Waals surface area (Å²) < 4.78 is 26.7. The number of piperidine rings is 2. The SMILES string of the molecule is O=C(c1cc(S(=O)(=O)N2CCCCC2)c[nH]1)N1CCCCC1. The smallest absolute Gasteiger partial charge is 0.270 e. The number of carbonyl (C=O) groups excluding carboxylic acids is 1. The molecule has 0 unspecified atom stereocenters. The van der Waals surface area contributed by atoms with Gasteiger partial charge in [-0.1, -0.05) is 6.42 Å². The molecule has 0 atom stereocenters. The van der Waals surface area contributed by atoms with Gasteiger partial charge in [0.15, 0.2) is 0 Å². The predicted octanol–water partition coefficient (Wildman–Crippen LogP) is 1.82. The van der Waals surface area contributed by atoms with Gasteiger partial charge in [0.25, 0.3) is 5.91 Å².